The highest BCUT2D eigenvalue weighted by Crippen LogP contribution is 2.39. The molecule has 0 spiro atoms. The van der Waals surface area contributed by atoms with Gasteiger partial charge in [0.15, 0.2) is 0 Å². The number of aryl methyl sites for hydroxylation is 1. The van der Waals surface area contributed by atoms with E-state index in [1.54, 1.807) is 17.9 Å². The molecule has 1 saturated carbocycles. The second-order valence-electron chi connectivity index (χ2n) is 6.61. The molecule has 7 nitrogen and oxygen atoms in total. The predicted molar refractivity (Wildman–Crippen MR) is 83.7 cm³/mol. The first-order valence-electron chi connectivity index (χ1n) is 8.28. The molecular formula is C16H24N4O3. The largest absolute Gasteiger partial charge is 0.351 e. The van der Waals surface area contributed by atoms with Gasteiger partial charge in [-0.15, -0.1) is 0 Å². The topological polar surface area (TPSA) is 92.7 Å². The summed E-state index contributed by atoms with van der Waals surface area (Å²) in [5.74, 6) is 0.267. The lowest BCUT2D eigenvalue weighted by Gasteiger charge is -2.39. The minimum absolute atomic E-state index is 0.160. The molecule has 7 heteroatoms. The first-order valence-corrected chi connectivity index (χ1v) is 8.28. The molecule has 1 saturated heterocycles. The standard InChI is InChI=1S/C16H24N4O3/c1-12-10-13(23-18-12)14(21)19-6-8-20(9-7-19)15(22)16(11-17)4-2-3-5-16/h10H,2-9,11,17H2,1H3. The fraction of sp³-hybridized carbons (Fsp3) is 0.688. The van der Waals surface area contributed by atoms with Crippen molar-refractivity contribution in [1.82, 2.24) is 15.0 Å². The van der Waals surface area contributed by atoms with Crippen LogP contribution in [0.3, 0.4) is 0 Å². The average Bonchev–Trinajstić information content (AvgIpc) is 3.23. The molecule has 0 unspecified atom stereocenters. The van der Waals surface area contributed by atoms with Crippen LogP contribution in [0.4, 0.5) is 0 Å². The lowest BCUT2D eigenvalue weighted by molar-refractivity contribution is -0.143. The highest BCUT2D eigenvalue weighted by atomic mass is 16.5. The lowest BCUT2D eigenvalue weighted by Crippen LogP contribution is -2.55. The molecule has 1 aromatic rings. The van der Waals surface area contributed by atoms with Crippen molar-refractivity contribution in [3.8, 4) is 0 Å². The summed E-state index contributed by atoms with van der Waals surface area (Å²) >= 11 is 0. The second kappa shape index (κ2) is 6.31. The van der Waals surface area contributed by atoms with Crippen LogP contribution in [-0.4, -0.2) is 59.5 Å². The van der Waals surface area contributed by atoms with Crippen molar-refractivity contribution in [3.63, 3.8) is 0 Å². The zero-order valence-corrected chi connectivity index (χ0v) is 13.6. The first kappa shape index (κ1) is 16.0. The van der Waals surface area contributed by atoms with E-state index in [0.717, 1.165) is 25.7 Å². The molecule has 3 rings (SSSR count). The van der Waals surface area contributed by atoms with E-state index in [-0.39, 0.29) is 23.0 Å². The van der Waals surface area contributed by atoms with E-state index in [1.165, 1.54) is 0 Å². The van der Waals surface area contributed by atoms with Gasteiger partial charge in [0, 0.05) is 38.8 Å². The van der Waals surface area contributed by atoms with Crippen LogP contribution in [0.5, 0.6) is 0 Å². The maximum Gasteiger partial charge on any atom is 0.292 e. The van der Waals surface area contributed by atoms with Crippen LogP contribution in [0.2, 0.25) is 0 Å². The molecular weight excluding hydrogens is 296 g/mol. The molecule has 2 fully saturated rings. The van der Waals surface area contributed by atoms with E-state index in [2.05, 4.69) is 5.16 Å². The van der Waals surface area contributed by atoms with Gasteiger partial charge in [0.05, 0.1) is 11.1 Å². The SMILES string of the molecule is Cc1cc(C(=O)N2CCN(C(=O)C3(CN)CCCC3)CC2)on1. The number of nitrogens with zero attached hydrogens (tertiary/aromatic N) is 3. The molecule has 0 radical (unpaired) electrons. The normalized spacial score (nSPS) is 20.8. The van der Waals surface area contributed by atoms with E-state index < -0.39 is 0 Å². The molecule has 0 atom stereocenters. The smallest absolute Gasteiger partial charge is 0.292 e. The van der Waals surface area contributed by atoms with E-state index >= 15 is 0 Å². The second-order valence-corrected chi connectivity index (χ2v) is 6.61. The molecule has 23 heavy (non-hydrogen) atoms. The zero-order valence-electron chi connectivity index (χ0n) is 13.6. The Morgan fingerprint density at radius 2 is 1.83 bits per heavy atom. The van der Waals surface area contributed by atoms with Crippen LogP contribution in [0.15, 0.2) is 10.6 Å². The number of carbonyl (C=O) groups excluding carboxylic acids is 2. The summed E-state index contributed by atoms with van der Waals surface area (Å²) < 4.78 is 5.03. The Kier molecular flexibility index (Phi) is 4.39. The molecule has 2 heterocycles. The van der Waals surface area contributed by atoms with Crippen LogP contribution in [0.1, 0.15) is 41.9 Å². The van der Waals surface area contributed by atoms with Crippen LogP contribution >= 0.6 is 0 Å². The maximum atomic E-state index is 12.8. The Bertz CT molecular complexity index is 584. The highest BCUT2D eigenvalue weighted by Gasteiger charge is 2.43. The molecule has 1 aliphatic heterocycles. The molecule has 0 aromatic carbocycles. The van der Waals surface area contributed by atoms with Crippen molar-refractivity contribution in [2.24, 2.45) is 11.1 Å². The maximum absolute atomic E-state index is 12.8. The fourth-order valence-corrected chi connectivity index (χ4v) is 3.63. The van der Waals surface area contributed by atoms with Gasteiger partial charge in [-0.2, -0.15) is 0 Å². The van der Waals surface area contributed by atoms with Crippen molar-refractivity contribution in [3.05, 3.63) is 17.5 Å². The third-order valence-corrected chi connectivity index (χ3v) is 5.10. The molecule has 2 amide bonds. The Labute approximate surface area is 135 Å². The van der Waals surface area contributed by atoms with Crippen molar-refractivity contribution >= 4 is 11.8 Å². The number of amides is 2. The van der Waals surface area contributed by atoms with Gasteiger partial charge in [-0.1, -0.05) is 18.0 Å². The number of piperazine rings is 1. The molecule has 126 valence electrons. The van der Waals surface area contributed by atoms with E-state index in [1.807, 2.05) is 4.90 Å². The van der Waals surface area contributed by atoms with Crippen molar-refractivity contribution in [2.75, 3.05) is 32.7 Å². The van der Waals surface area contributed by atoms with Crippen LogP contribution < -0.4 is 5.73 Å². The van der Waals surface area contributed by atoms with E-state index in [4.69, 9.17) is 10.3 Å². The Balaban J connectivity index is 1.60. The Morgan fingerprint density at radius 3 is 2.35 bits per heavy atom. The quantitative estimate of drug-likeness (QED) is 0.888. The number of hydrogen-bond donors (Lipinski definition) is 1. The lowest BCUT2D eigenvalue weighted by atomic mass is 9.84. The van der Waals surface area contributed by atoms with Gasteiger partial charge in [-0.3, -0.25) is 9.59 Å². The predicted octanol–water partition coefficient (Wildman–Crippen LogP) is 0.787. The number of nitrogens with two attached hydrogens (primary N) is 1. The highest BCUT2D eigenvalue weighted by molar-refractivity contribution is 5.91. The summed E-state index contributed by atoms with van der Waals surface area (Å²) in [5, 5.41) is 3.75. The molecule has 1 aliphatic carbocycles. The summed E-state index contributed by atoms with van der Waals surface area (Å²) in [7, 11) is 0. The van der Waals surface area contributed by atoms with E-state index in [0.29, 0.717) is 38.4 Å². The third kappa shape index (κ3) is 2.97. The van der Waals surface area contributed by atoms with Gasteiger partial charge < -0.3 is 20.1 Å². The average molecular weight is 320 g/mol. The van der Waals surface area contributed by atoms with Crippen LogP contribution in [-0.2, 0) is 4.79 Å². The van der Waals surface area contributed by atoms with Crippen molar-refractivity contribution < 1.29 is 14.1 Å². The molecule has 2 aliphatic rings. The Hall–Kier alpha value is -1.89. The first-order chi connectivity index (χ1) is 11.1. The van der Waals surface area contributed by atoms with Gasteiger partial charge >= 0.3 is 0 Å². The third-order valence-electron chi connectivity index (χ3n) is 5.10. The van der Waals surface area contributed by atoms with Gasteiger partial charge in [0.1, 0.15) is 0 Å². The fourth-order valence-electron chi connectivity index (χ4n) is 3.63. The number of hydrogen-bond acceptors (Lipinski definition) is 5. The summed E-state index contributed by atoms with van der Waals surface area (Å²) in [6, 6.07) is 1.64. The van der Waals surface area contributed by atoms with Gasteiger partial charge in [0.2, 0.25) is 11.7 Å². The zero-order chi connectivity index (χ0) is 16.4. The van der Waals surface area contributed by atoms with Crippen LogP contribution in [0, 0.1) is 12.3 Å². The number of aromatic nitrogens is 1. The van der Waals surface area contributed by atoms with Crippen molar-refractivity contribution in [1.29, 1.82) is 0 Å². The summed E-state index contributed by atoms with van der Waals surface area (Å²) in [5.41, 5.74) is 6.22. The van der Waals surface area contributed by atoms with Crippen molar-refractivity contribution in [2.45, 2.75) is 32.6 Å². The number of carbonyl (C=O) groups is 2. The van der Waals surface area contributed by atoms with E-state index in [9.17, 15) is 9.59 Å². The van der Waals surface area contributed by atoms with Gasteiger partial charge in [-0.05, 0) is 19.8 Å². The number of rotatable bonds is 3. The monoisotopic (exact) mass is 320 g/mol. The summed E-state index contributed by atoms with van der Waals surface area (Å²) in [6.45, 7) is 4.35. The minimum Gasteiger partial charge on any atom is -0.351 e. The van der Waals surface area contributed by atoms with Gasteiger partial charge in [-0.25, -0.2) is 0 Å². The molecule has 2 N–H and O–H groups in total. The minimum atomic E-state index is -0.367. The van der Waals surface area contributed by atoms with Crippen LogP contribution in [0.25, 0.3) is 0 Å². The molecule has 1 aromatic heterocycles. The summed E-state index contributed by atoms with van der Waals surface area (Å²) in [6.07, 6.45) is 3.93. The van der Waals surface area contributed by atoms with Gasteiger partial charge in [0.25, 0.3) is 5.91 Å². The summed E-state index contributed by atoms with van der Waals surface area (Å²) in [4.78, 5) is 28.7. The molecule has 0 bridgehead atoms. The Morgan fingerprint density at radius 1 is 1.22 bits per heavy atom.